The number of aliphatic imine (C=N–C) groups is 1. The number of rotatable bonds is 11. The molecule has 7 rings (SSSR count). The third-order valence-electron chi connectivity index (χ3n) is 9.20. The summed E-state index contributed by atoms with van der Waals surface area (Å²) in [4.78, 5) is 47.5. The third kappa shape index (κ3) is 7.79. The number of amides is 3. The van der Waals surface area contributed by atoms with E-state index in [4.69, 9.17) is 0 Å². The van der Waals surface area contributed by atoms with Crippen LogP contribution in [0.2, 0.25) is 0 Å². The van der Waals surface area contributed by atoms with E-state index in [2.05, 4.69) is 51.8 Å². The molecule has 8 heteroatoms. The van der Waals surface area contributed by atoms with Gasteiger partial charge in [-0.25, -0.2) is 0 Å². The molecule has 7 nitrogen and oxygen atoms in total. The highest BCUT2D eigenvalue weighted by molar-refractivity contribution is 8.14. The van der Waals surface area contributed by atoms with Gasteiger partial charge in [0.25, 0.3) is 11.8 Å². The van der Waals surface area contributed by atoms with Crippen molar-refractivity contribution in [2.45, 2.75) is 19.5 Å². The van der Waals surface area contributed by atoms with Crippen molar-refractivity contribution in [1.82, 2.24) is 14.8 Å². The second kappa shape index (κ2) is 16.4. The Kier molecular flexibility index (Phi) is 10.9. The van der Waals surface area contributed by atoms with E-state index in [1.807, 2.05) is 103 Å². The van der Waals surface area contributed by atoms with Crippen LogP contribution in [0.25, 0.3) is 27.8 Å². The number of nitrogens with zero attached hydrogens (tertiary/aromatic N) is 3. The summed E-state index contributed by atoms with van der Waals surface area (Å²) < 4.78 is 2.13. The summed E-state index contributed by atoms with van der Waals surface area (Å²) in [6, 6.07) is 41.7. The number of nitrogens with one attached hydrogen (secondary N) is 1. The van der Waals surface area contributed by atoms with Gasteiger partial charge >= 0.3 is 0 Å². The zero-order chi connectivity index (χ0) is 37.4. The van der Waals surface area contributed by atoms with Gasteiger partial charge in [-0.2, -0.15) is 4.99 Å². The second-order valence-corrected chi connectivity index (χ2v) is 13.7. The predicted molar refractivity (Wildman–Crippen MR) is 221 cm³/mol. The molecule has 0 saturated heterocycles. The topological polar surface area (TPSA) is 83.8 Å². The molecule has 3 amide bonds. The van der Waals surface area contributed by atoms with E-state index in [1.54, 1.807) is 37.3 Å². The summed E-state index contributed by atoms with van der Waals surface area (Å²) in [5, 5.41) is 6.49. The Balaban J connectivity index is 1.19. The van der Waals surface area contributed by atoms with Gasteiger partial charge < -0.3 is 9.88 Å². The van der Waals surface area contributed by atoms with Crippen LogP contribution in [-0.2, 0) is 20.9 Å². The zero-order valence-electron chi connectivity index (χ0n) is 29.8. The number of allylic oxidation sites excluding steroid dienone is 4. The van der Waals surface area contributed by atoms with Crippen LogP contribution in [0.1, 0.15) is 35.2 Å². The van der Waals surface area contributed by atoms with Gasteiger partial charge in [0.15, 0.2) is 5.17 Å². The minimum absolute atomic E-state index is 0.0722. The molecule has 5 aromatic carbocycles. The van der Waals surface area contributed by atoms with E-state index in [9.17, 15) is 14.4 Å². The average molecular weight is 727 g/mol. The Labute approximate surface area is 318 Å². The first-order chi connectivity index (χ1) is 26.4. The maximum atomic E-state index is 14.4. The van der Waals surface area contributed by atoms with E-state index in [1.165, 1.54) is 10.3 Å². The first kappa shape index (κ1) is 35.9. The maximum Gasteiger partial charge on any atom is 0.285 e. The van der Waals surface area contributed by atoms with Crippen molar-refractivity contribution in [2.24, 2.45) is 4.99 Å². The molecule has 1 aromatic heterocycles. The number of fused-ring (bicyclic) bond motifs is 2. The molecule has 0 saturated carbocycles. The Bertz CT molecular complexity index is 2460. The summed E-state index contributed by atoms with van der Waals surface area (Å²) in [5.74, 6) is -1.54. The van der Waals surface area contributed by atoms with Crippen LogP contribution in [0, 0.1) is 0 Å². The number of carbonyl (C=O) groups is 3. The maximum absolute atomic E-state index is 14.4. The van der Waals surface area contributed by atoms with Gasteiger partial charge in [0.2, 0.25) is 5.91 Å². The summed E-state index contributed by atoms with van der Waals surface area (Å²) in [5.41, 5.74) is 5.12. The highest BCUT2D eigenvalue weighted by Crippen LogP contribution is 2.30. The van der Waals surface area contributed by atoms with Crippen molar-refractivity contribution in [1.29, 1.82) is 0 Å². The zero-order valence-corrected chi connectivity index (χ0v) is 30.6. The molecule has 0 unspecified atom stereocenters. The molecule has 0 bridgehead atoms. The largest absolute Gasteiger partial charge is 0.344 e. The number of hydrogen-bond acceptors (Lipinski definition) is 4. The molecule has 2 heterocycles. The molecule has 54 heavy (non-hydrogen) atoms. The minimum atomic E-state index is -0.667. The number of amidine groups is 1. The molecule has 0 fully saturated rings. The van der Waals surface area contributed by atoms with Gasteiger partial charge in [-0.3, -0.25) is 19.3 Å². The molecule has 0 spiro atoms. The van der Waals surface area contributed by atoms with Crippen molar-refractivity contribution < 1.29 is 14.4 Å². The van der Waals surface area contributed by atoms with Crippen molar-refractivity contribution in [3.63, 3.8) is 0 Å². The van der Waals surface area contributed by atoms with E-state index < -0.39 is 11.8 Å². The highest BCUT2D eigenvalue weighted by atomic mass is 32.2. The average Bonchev–Trinajstić information content (AvgIpc) is 3.55. The summed E-state index contributed by atoms with van der Waals surface area (Å²) >= 11 is 1.04. The van der Waals surface area contributed by atoms with Gasteiger partial charge in [0.1, 0.15) is 5.57 Å². The van der Waals surface area contributed by atoms with Gasteiger partial charge in [0, 0.05) is 34.9 Å². The SMILES string of the molecule is C=C/C=C\C(=C/C)N1C(=O)/C(=C/c2cn(Cc3ccc4ccccc4c3)c3ccccc23)C(=O)N=C1SCC(=O)NC(c1ccccc1)c1ccccc1. The number of para-hydroxylation sites is 1. The molecule has 0 aliphatic carbocycles. The molecule has 266 valence electrons. The number of hydrogen-bond donors (Lipinski definition) is 1. The number of benzene rings is 5. The second-order valence-electron chi connectivity index (χ2n) is 12.7. The molecule has 1 N–H and O–H groups in total. The molecule has 0 radical (unpaired) electrons. The Morgan fingerprint density at radius 3 is 2.22 bits per heavy atom. The Hall–Kier alpha value is -6.51. The van der Waals surface area contributed by atoms with Crippen LogP contribution in [0.15, 0.2) is 181 Å². The van der Waals surface area contributed by atoms with E-state index in [0.717, 1.165) is 50.3 Å². The fourth-order valence-electron chi connectivity index (χ4n) is 6.60. The van der Waals surface area contributed by atoms with Crippen LogP contribution in [0.3, 0.4) is 0 Å². The summed E-state index contributed by atoms with van der Waals surface area (Å²) in [7, 11) is 0. The van der Waals surface area contributed by atoms with Gasteiger partial charge in [-0.15, -0.1) is 0 Å². The van der Waals surface area contributed by atoms with Crippen LogP contribution < -0.4 is 5.32 Å². The highest BCUT2D eigenvalue weighted by Gasteiger charge is 2.35. The molecule has 1 aliphatic rings. The number of aromatic nitrogens is 1. The molecule has 1 aliphatic heterocycles. The summed E-state index contributed by atoms with van der Waals surface area (Å²) in [6.07, 6.45) is 10.4. The number of carbonyl (C=O) groups excluding carboxylic acids is 3. The fraction of sp³-hybridized carbons (Fsp3) is 0.0870. The molecule has 6 aromatic rings. The van der Waals surface area contributed by atoms with Crippen LogP contribution in [-0.4, -0.2) is 38.1 Å². The monoisotopic (exact) mass is 726 g/mol. The third-order valence-corrected chi connectivity index (χ3v) is 10.1. The van der Waals surface area contributed by atoms with Crippen molar-refractivity contribution >= 4 is 62.4 Å². The first-order valence-corrected chi connectivity index (χ1v) is 18.6. The van der Waals surface area contributed by atoms with Crippen LogP contribution in [0.5, 0.6) is 0 Å². The quantitative estimate of drug-likeness (QED) is 0.0820. The predicted octanol–water partition coefficient (Wildman–Crippen LogP) is 9.24. The molecular weight excluding hydrogens is 689 g/mol. The van der Waals surface area contributed by atoms with Gasteiger partial charge in [-0.1, -0.05) is 152 Å². The van der Waals surface area contributed by atoms with E-state index in [0.29, 0.717) is 12.2 Å². The van der Waals surface area contributed by atoms with Gasteiger partial charge in [-0.05, 0) is 58.7 Å². The minimum Gasteiger partial charge on any atom is -0.344 e. The standard InChI is InChI=1S/C46H38N4O3S/c1-3-5-22-38(4-2)50-45(53)40(28-37-30-49(41-24-15-14-23-39(37)41)29-32-25-26-33-16-12-13-21-36(33)27-32)44(52)48-46(50)54-31-42(51)47-43(34-17-8-6-9-18-34)35-19-10-7-11-20-35/h3-28,30,43H,1,29,31H2,2H3,(H,47,51)/b22-5-,38-4+,40-28+. The van der Waals surface area contributed by atoms with Crippen molar-refractivity contribution in [2.75, 3.05) is 5.75 Å². The molecule has 0 atom stereocenters. The lowest BCUT2D eigenvalue weighted by atomic mass is 9.99. The normalized spacial score (nSPS) is 14.4. The lowest BCUT2D eigenvalue weighted by Gasteiger charge is -2.28. The lowest BCUT2D eigenvalue weighted by Crippen LogP contribution is -2.42. The van der Waals surface area contributed by atoms with Crippen LogP contribution in [0.4, 0.5) is 0 Å². The molecular formula is C46H38N4O3S. The van der Waals surface area contributed by atoms with Gasteiger partial charge in [0.05, 0.1) is 11.8 Å². The van der Waals surface area contributed by atoms with E-state index in [-0.39, 0.29) is 28.4 Å². The van der Waals surface area contributed by atoms with Crippen molar-refractivity contribution in [3.05, 3.63) is 198 Å². The number of thioether (sulfide) groups is 1. The fourth-order valence-corrected chi connectivity index (χ4v) is 7.41. The lowest BCUT2D eigenvalue weighted by molar-refractivity contribution is -0.126. The Morgan fingerprint density at radius 2 is 1.52 bits per heavy atom. The summed E-state index contributed by atoms with van der Waals surface area (Å²) in [6.45, 7) is 6.18. The Morgan fingerprint density at radius 1 is 0.852 bits per heavy atom. The van der Waals surface area contributed by atoms with Crippen molar-refractivity contribution in [3.8, 4) is 0 Å². The van der Waals surface area contributed by atoms with E-state index >= 15 is 0 Å². The first-order valence-electron chi connectivity index (χ1n) is 17.7. The van der Waals surface area contributed by atoms with Crippen LogP contribution >= 0.6 is 11.8 Å². The smallest absolute Gasteiger partial charge is 0.285 e.